The highest BCUT2D eigenvalue weighted by Gasteiger charge is 2.67. The molecule has 3 aliphatic carbocycles. The van der Waals surface area contributed by atoms with Gasteiger partial charge in [-0.15, -0.1) is 0 Å². The summed E-state index contributed by atoms with van der Waals surface area (Å²) < 4.78 is -0.790. The first-order chi connectivity index (χ1) is 14.9. The third-order valence-corrected chi connectivity index (χ3v) is 8.23. The molecule has 1 aliphatic heterocycles. The summed E-state index contributed by atoms with van der Waals surface area (Å²) >= 11 is 3.96. The largest absolute Gasteiger partial charge is 0.478 e. The molecule has 1 N–H and O–H groups in total. The summed E-state index contributed by atoms with van der Waals surface area (Å²) in [4.78, 5) is 39.9. The summed E-state index contributed by atoms with van der Waals surface area (Å²) in [6.07, 6.45) is 0. The fourth-order valence-corrected chi connectivity index (χ4v) is 6.89. The maximum atomic E-state index is 13.7. The molecule has 152 valence electrons. The van der Waals surface area contributed by atoms with Crippen molar-refractivity contribution in [3.63, 3.8) is 0 Å². The van der Waals surface area contributed by atoms with E-state index < -0.39 is 22.1 Å². The van der Waals surface area contributed by atoms with Crippen molar-refractivity contribution in [3.8, 4) is 0 Å². The molecule has 0 unspecified atom stereocenters. The van der Waals surface area contributed by atoms with E-state index in [0.717, 1.165) is 22.3 Å². The molecule has 1 fully saturated rings. The predicted molar refractivity (Wildman–Crippen MR) is 117 cm³/mol. The lowest BCUT2D eigenvalue weighted by Gasteiger charge is -2.51. The molecule has 0 aromatic heterocycles. The standard InChI is InChI=1S/C25H16BrNO4/c26-25-17-7-3-1-5-15(17)19(16-6-2-4-8-18(16)25)20-21(25)23(29)27(22(20)28)14-11-9-13(10-12-14)24(30)31/h1-12,19-21H,(H,30,31)/t19?,20-,21+,25?/m1/s1. The molecule has 5 nitrogen and oxygen atoms in total. The van der Waals surface area contributed by atoms with Crippen LogP contribution in [0.4, 0.5) is 5.69 Å². The summed E-state index contributed by atoms with van der Waals surface area (Å²) in [6, 6.07) is 21.9. The average Bonchev–Trinajstić information content (AvgIpc) is 3.06. The van der Waals surface area contributed by atoms with Crippen LogP contribution in [0.2, 0.25) is 0 Å². The number of hydrogen-bond donors (Lipinski definition) is 1. The van der Waals surface area contributed by atoms with Crippen LogP contribution >= 0.6 is 15.9 Å². The Morgan fingerprint density at radius 2 is 1.39 bits per heavy atom. The van der Waals surface area contributed by atoms with Crippen molar-refractivity contribution in [2.45, 2.75) is 10.2 Å². The van der Waals surface area contributed by atoms with E-state index in [1.807, 2.05) is 48.5 Å². The summed E-state index contributed by atoms with van der Waals surface area (Å²) in [5.41, 5.74) is 4.72. The SMILES string of the molecule is O=C(O)c1ccc(N2C(=O)[C@@H]3C4c5ccccc5C(Br)(c5ccccc54)[C@@H]3C2=O)cc1. The van der Waals surface area contributed by atoms with Gasteiger partial charge < -0.3 is 5.11 Å². The number of carboxylic acids is 1. The van der Waals surface area contributed by atoms with Gasteiger partial charge in [-0.05, 0) is 46.5 Å². The second-order valence-electron chi connectivity index (χ2n) is 8.23. The minimum atomic E-state index is -1.05. The molecule has 2 amide bonds. The van der Waals surface area contributed by atoms with E-state index in [4.69, 9.17) is 0 Å². The molecule has 0 saturated carbocycles. The van der Waals surface area contributed by atoms with Gasteiger partial charge in [0.25, 0.3) is 0 Å². The number of anilines is 1. The monoisotopic (exact) mass is 473 g/mol. The Hall–Kier alpha value is -3.25. The number of nitrogens with zero attached hydrogens (tertiary/aromatic N) is 1. The molecule has 6 heteroatoms. The Morgan fingerprint density at radius 1 is 0.839 bits per heavy atom. The predicted octanol–water partition coefficient (Wildman–Crippen LogP) is 4.29. The van der Waals surface area contributed by atoms with Crippen LogP contribution in [-0.4, -0.2) is 22.9 Å². The van der Waals surface area contributed by atoms with Gasteiger partial charge in [0.2, 0.25) is 11.8 Å². The summed E-state index contributed by atoms with van der Waals surface area (Å²) in [6.45, 7) is 0. The van der Waals surface area contributed by atoms with Gasteiger partial charge in [0.1, 0.15) is 0 Å². The lowest BCUT2D eigenvalue weighted by atomic mass is 9.55. The number of benzene rings is 3. The van der Waals surface area contributed by atoms with Gasteiger partial charge in [-0.3, -0.25) is 9.59 Å². The first-order valence-electron chi connectivity index (χ1n) is 10.0. The molecule has 1 saturated heterocycles. The molecule has 3 aromatic rings. The smallest absolute Gasteiger partial charge is 0.335 e. The molecule has 0 spiro atoms. The van der Waals surface area contributed by atoms with Crippen molar-refractivity contribution in [2.24, 2.45) is 11.8 Å². The van der Waals surface area contributed by atoms with Gasteiger partial charge in [0.15, 0.2) is 0 Å². The third-order valence-electron chi connectivity index (χ3n) is 6.89. The number of aromatic carboxylic acids is 1. The van der Waals surface area contributed by atoms with Crippen molar-refractivity contribution in [1.29, 1.82) is 0 Å². The molecule has 1 heterocycles. The van der Waals surface area contributed by atoms with Crippen LogP contribution in [0.1, 0.15) is 38.5 Å². The Bertz CT molecular complexity index is 1250. The van der Waals surface area contributed by atoms with Gasteiger partial charge in [-0.1, -0.05) is 64.5 Å². The van der Waals surface area contributed by atoms with Gasteiger partial charge in [0.05, 0.1) is 27.4 Å². The van der Waals surface area contributed by atoms with E-state index in [-0.39, 0.29) is 23.3 Å². The van der Waals surface area contributed by atoms with E-state index in [9.17, 15) is 19.5 Å². The van der Waals surface area contributed by atoms with Crippen LogP contribution in [0.25, 0.3) is 0 Å². The highest BCUT2D eigenvalue weighted by atomic mass is 79.9. The summed E-state index contributed by atoms with van der Waals surface area (Å²) in [5, 5.41) is 9.17. The lowest BCUT2D eigenvalue weighted by molar-refractivity contribution is -0.122. The second-order valence-corrected chi connectivity index (χ2v) is 9.48. The normalized spacial score (nSPS) is 27.6. The Morgan fingerprint density at radius 3 is 1.94 bits per heavy atom. The van der Waals surface area contributed by atoms with E-state index in [1.165, 1.54) is 29.2 Å². The Kier molecular flexibility index (Phi) is 3.67. The van der Waals surface area contributed by atoms with E-state index >= 15 is 0 Å². The van der Waals surface area contributed by atoms with Gasteiger partial charge >= 0.3 is 5.97 Å². The molecule has 7 rings (SSSR count). The van der Waals surface area contributed by atoms with Crippen LogP contribution in [0, 0.1) is 11.8 Å². The molecular weight excluding hydrogens is 458 g/mol. The van der Waals surface area contributed by atoms with Crippen LogP contribution < -0.4 is 4.90 Å². The van der Waals surface area contributed by atoms with Crippen molar-refractivity contribution in [3.05, 3.63) is 101 Å². The fourth-order valence-electron chi connectivity index (χ4n) is 5.69. The Labute approximate surface area is 186 Å². The maximum absolute atomic E-state index is 13.7. The number of carbonyl (C=O) groups excluding carboxylic acids is 2. The number of rotatable bonds is 2. The number of carbonyl (C=O) groups is 3. The van der Waals surface area contributed by atoms with Gasteiger partial charge in [0, 0.05) is 5.92 Å². The van der Waals surface area contributed by atoms with Crippen LogP contribution in [0.5, 0.6) is 0 Å². The number of imide groups is 1. The summed E-state index contributed by atoms with van der Waals surface area (Å²) in [5.74, 6) is -2.84. The fraction of sp³-hybridized carbons (Fsp3) is 0.160. The highest BCUT2D eigenvalue weighted by molar-refractivity contribution is 9.09. The summed E-state index contributed by atoms with van der Waals surface area (Å²) in [7, 11) is 0. The van der Waals surface area contributed by atoms with Gasteiger partial charge in [-0.25, -0.2) is 9.69 Å². The Balaban J connectivity index is 1.55. The topological polar surface area (TPSA) is 74.7 Å². The van der Waals surface area contributed by atoms with Gasteiger partial charge in [-0.2, -0.15) is 0 Å². The molecule has 31 heavy (non-hydrogen) atoms. The number of hydrogen-bond acceptors (Lipinski definition) is 3. The first kappa shape index (κ1) is 18.5. The zero-order valence-corrected chi connectivity index (χ0v) is 17.7. The average molecular weight is 474 g/mol. The second kappa shape index (κ2) is 6.14. The first-order valence-corrected chi connectivity index (χ1v) is 10.8. The van der Waals surface area contributed by atoms with E-state index in [0.29, 0.717) is 5.69 Å². The molecule has 4 aliphatic rings. The zero-order chi connectivity index (χ0) is 21.5. The lowest BCUT2D eigenvalue weighted by Crippen LogP contribution is -2.50. The molecule has 2 atom stereocenters. The van der Waals surface area contributed by atoms with E-state index in [2.05, 4.69) is 15.9 Å². The molecular formula is C25H16BrNO4. The maximum Gasteiger partial charge on any atom is 0.335 e. The number of amides is 2. The van der Waals surface area contributed by atoms with Crippen LogP contribution in [-0.2, 0) is 13.9 Å². The van der Waals surface area contributed by atoms with Crippen molar-refractivity contribution >= 4 is 39.4 Å². The van der Waals surface area contributed by atoms with Crippen molar-refractivity contribution < 1.29 is 19.5 Å². The van der Waals surface area contributed by atoms with Crippen LogP contribution in [0.3, 0.4) is 0 Å². The minimum Gasteiger partial charge on any atom is -0.478 e. The highest BCUT2D eigenvalue weighted by Crippen LogP contribution is 2.66. The molecule has 2 bridgehead atoms. The third kappa shape index (κ3) is 2.18. The van der Waals surface area contributed by atoms with Crippen LogP contribution in [0.15, 0.2) is 72.8 Å². The zero-order valence-electron chi connectivity index (χ0n) is 16.2. The van der Waals surface area contributed by atoms with Crippen molar-refractivity contribution in [1.82, 2.24) is 0 Å². The van der Waals surface area contributed by atoms with E-state index in [1.54, 1.807) is 0 Å². The molecule has 3 aromatic carbocycles. The number of carboxylic acid groups (broad SMARTS) is 1. The number of alkyl halides is 1. The minimum absolute atomic E-state index is 0.108. The number of halogens is 1. The molecule has 0 radical (unpaired) electrons. The quantitative estimate of drug-likeness (QED) is 0.445. The van der Waals surface area contributed by atoms with Crippen molar-refractivity contribution in [2.75, 3.05) is 4.90 Å².